The summed E-state index contributed by atoms with van der Waals surface area (Å²) in [7, 11) is 0. The van der Waals surface area contributed by atoms with Crippen LogP contribution in [-0.4, -0.2) is 55.2 Å². The number of benzene rings is 2. The molecule has 0 spiro atoms. The van der Waals surface area contributed by atoms with Crippen molar-refractivity contribution in [1.82, 2.24) is 4.90 Å². The van der Waals surface area contributed by atoms with Crippen LogP contribution < -0.4 is 9.80 Å². The fourth-order valence-corrected chi connectivity index (χ4v) is 4.91. The summed E-state index contributed by atoms with van der Waals surface area (Å²) in [4.78, 5) is 8.79. The molecule has 26 heavy (non-hydrogen) atoms. The van der Waals surface area contributed by atoms with E-state index in [2.05, 4.69) is 39.0 Å². The van der Waals surface area contributed by atoms with E-state index in [-0.39, 0.29) is 0 Å². The Hall–Kier alpha value is -1.85. The van der Waals surface area contributed by atoms with E-state index in [9.17, 15) is 5.11 Å². The van der Waals surface area contributed by atoms with Crippen LogP contribution in [0.1, 0.15) is 12.8 Å². The molecule has 2 aliphatic rings. The lowest BCUT2D eigenvalue weighted by molar-refractivity contribution is 0.252. The van der Waals surface area contributed by atoms with Crippen LogP contribution in [0.15, 0.2) is 53.4 Å². The lowest BCUT2D eigenvalue weighted by atomic mass is 10.2. The molecule has 0 unspecified atom stereocenters. The molecule has 0 saturated carbocycles. The molecule has 0 atom stereocenters. The Balaban J connectivity index is 1.18. The molecule has 1 fully saturated rings. The van der Waals surface area contributed by atoms with Crippen LogP contribution in [0.2, 0.25) is 0 Å². The number of nitrogens with zero attached hydrogens (tertiary/aromatic N) is 3. The van der Waals surface area contributed by atoms with Crippen LogP contribution in [0.3, 0.4) is 0 Å². The molecule has 4 nitrogen and oxygen atoms in total. The van der Waals surface area contributed by atoms with E-state index in [1.165, 1.54) is 30.0 Å². The summed E-state index contributed by atoms with van der Waals surface area (Å²) < 4.78 is 0. The van der Waals surface area contributed by atoms with Gasteiger partial charge in [-0.15, -0.1) is 11.8 Å². The minimum absolute atomic E-state index is 0.393. The molecule has 0 amide bonds. The van der Waals surface area contributed by atoms with Crippen LogP contribution in [0.4, 0.5) is 11.4 Å². The summed E-state index contributed by atoms with van der Waals surface area (Å²) in [5, 5.41) is 10.0. The van der Waals surface area contributed by atoms with Crippen LogP contribution in [-0.2, 0) is 0 Å². The fraction of sp³-hybridized carbons (Fsp3) is 0.429. The SMILES string of the molecule is Oc1ccccc1N1CCN(CCCCN2CSc3ccccc32)CC1. The fourth-order valence-electron chi connectivity index (χ4n) is 3.82. The van der Waals surface area contributed by atoms with E-state index in [4.69, 9.17) is 0 Å². The van der Waals surface area contributed by atoms with Gasteiger partial charge in [-0.3, -0.25) is 4.90 Å². The number of unbranched alkanes of at least 4 members (excludes halogenated alkanes) is 1. The van der Waals surface area contributed by atoms with Gasteiger partial charge in [-0.25, -0.2) is 0 Å². The van der Waals surface area contributed by atoms with Crippen LogP contribution in [0, 0.1) is 0 Å². The predicted molar refractivity (Wildman–Crippen MR) is 111 cm³/mol. The summed E-state index contributed by atoms with van der Waals surface area (Å²) >= 11 is 1.95. The van der Waals surface area contributed by atoms with Gasteiger partial charge in [-0.1, -0.05) is 24.3 Å². The van der Waals surface area contributed by atoms with Crippen molar-refractivity contribution in [2.45, 2.75) is 17.7 Å². The zero-order valence-electron chi connectivity index (χ0n) is 15.2. The molecule has 1 N–H and O–H groups in total. The number of phenols is 1. The normalized spacial score (nSPS) is 17.5. The van der Waals surface area contributed by atoms with Crippen molar-refractivity contribution in [2.75, 3.05) is 54.9 Å². The molecule has 2 aromatic rings. The number of thioether (sulfide) groups is 1. The van der Waals surface area contributed by atoms with E-state index >= 15 is 0 Å². The summed E-state index contributed by atoms with van der Waals surface area (Å²) in [6.45, 7) is 6.48. The third kappa shape index (κ3) is 3.94. The zero-order valence-corrected chi connectivity index (χ0v) is 16.0. The second-order valence-electron chi connectivity index (χ2n) is 7.03. The van der Waals surface area contributed by atoms with Crippen molar-refractivity contribution in [3.05, 3.63) is 48.5 Å². The Kier molecular flexibility index (Phi) is 5.56. The van der Waals surface area contributed by atoms with Crippen LogP contribution in [0.25, 0.3) is 0 Å². The monoisotopic (exact) mass is 369 g/mol. The topological polar surface area (TPSA) is 30.0 Å². The molecule has 2 heterocycles. The maximum Gasteiger partial charge on any atom is 0.138 e. The van der Waals surface area contributed by atoms with E-state index in [0.29, 0.717) is 5.75 Å². The van der Waals surface area contributed by atoms with Crippen molar-refractivity contribution in [1.29, 1.82) is 0 Å². The van der Waals surface area contributed by atoms with Crippen molar-refractivity contribution in [2.24, 2.45) is 0 Å². The molecular formula is C21H27N3OS. The van der Waals surface area contributed by atoms with Gasteiger partial charge >= 0.3 is 0 Å². The number of phenolic OH excluding ortho intramolecular Hbond substituents is 1. The Morgan fingerprint density at radius 2 is 1.50 bits per heavy atom. The van der Waals surface area contributed by atoms with Crippen molar-refractivity contribution in [3.63, 3.8) is 0 Å². The molecule has 0 aliphatic carbocycles. The molecule has 2 aliphatic heterocycles. The molecule has 2 aromatic carbocycles. The standard InChI is InChI=1S/C21H27N3OS/c25-20-9-3-1-7-18(20)23-15-13-22(14-16-23)11-5-6-12-24-17-26-21-10-4-2-8-19(21)24/h1-4,7-10,25H,5-6,11-17H2. The molecule has 4 rings (SSSR count). The number of hydrogen-bond acceptors (Lipinski definition) is 5. The molecule has 0 radical (unpaired) electrons. The highest BCUT2D eigenvalue weighted by Gasteiger charge is 2.20. The Bertz CT molecular complexity index is 731. The van der Waals surface area contributed by atoms with Gasteiger partial charge in [0.05, 0.1) is 17.3 Å². The van der Waals surface area contributed by atoms with Gasteiger partial charge in [0.1, 0.15) is 5.75 Å². The van der Waals surface area contributed by atoms with E-state index in [1.807, 2.05) is 30.0 Å². The van der Waals surface area contributed by atoms with Crippen molar-refractivity contribution in [3.8, 4) is 5.75 Å². The molecule has 138 valence electrons. The van der Waals surface area contributed by atoms with Gasteiger partial charge in [0.2, 0.25) is 0 Å². The number of fused-ring (bicyclic) bond motifs is 1. The molecule has 1 saturated heterocycles. The van der Waals surface area contributed by atoms with Gasteiger partial charge < -0.3 is 14.9 Å². The minimum Gasteiger partial charge on any atom is -0.506 e. The number of hydrogen-bond donors (Lipinski definition) is 1. The molecule has 0 bridgehead atoms. The zero-order chi connectivity index (χ0) is 17.8. The smallest absolute Gasteiger partial charge is 0.138 e. The average molecular weight is 370 g/mol. The highest BCUT2D eigenvalue weighted by molar-refractivity contribution is 7.99. The Labute approximate surface area is 160 Å². The lowest BCUT2D eigenvalue weighted by Gasteiger charge is -2.36. The molecule has 5 heteroatoms. The maximum absolute atomic E-state index is 10.0. The van der Waals surface area contributed by atoms with E-state index < -0.39 is 0 Å². The second-order valence-corrected chi connectivity index (χ2v) is 8.02. The number of para-hydroxylation sites is 3. The predicted octanol–water partition coefficient (Wildman–Crippen LogP) is 3.86. The highest BCUT2D eigenvalue weighted by atomic mass is 32.2. The Morgan fingerprint density at radius 1 is 0.808 bits per heavy atom. The largest absolute Gasteiger partial charge is 0.506 e. The van der Waals surface area contributed by atoms with Gasteiger partial charge in [-0.05, 0) is 43.7 Å². The first-order chi connectivity index (χ1) is 12.8. The van der Waals surface area contributed by atoms with Gasteiger partial charge in [0.25, 0.3) is 0 Å². The Morgan fingerprint density at radius 3 is 2.31 bits per heavy atom. The maximum atomic E-state index is 10.0. The summed E-state index contributed by atoms with van der Waals surface area (Å²) in [6, 6.07) is 16.4. The van der Waals surface area contributed by atoms with E-state index in [0.717, 1.165) is 44.3 Å². The summed E-state index contributed by atoms with van der Waals surface area (Å²) in [5.41, 5.74) is 2.38. The van der Waals surface area contributed by atoms with Gasteiger partial charge in [-0.2, -0.15) is 0 Å². The summed E-state index contributed by atoms with van der Waals surface area (Å²) in [5.74, 6) is 1.49. The van der Waals surface area contributed by atoms with E-state index in [1.54, 1.807) is 6.07 Å². The van der Waals surface area contributed by atoms with Crippen molar-refractivity contribution >= 4 is 23.1 Å². The first-order valence-electron chi connectivity index (χ1n) is 9.53. The number of rotatable bonds is 6. The van der Waals surface area contributed by atoms with Crippen LogP contribution >= 0.6 is 11.8 Å². The quantitative estimate of drug-likeness (QED) is 0.781. The number of piperazine rings is 1. The number of aromatic hydroxyl groups is 1. The number of anilines is 2. The highest BCUT2D eigenvalue weighted by Crippen LogP contribution is 2.37. The third-order valence-corrected chi connectivity index (χ3v) is 6.43. The molecular weight excluding hydrogens is 342 g/mol. The lowest BCUT2D eigenvalue weighted by Crippen LogP contribution is -2.46. The first-order valence-corrected chi connectivity index (χ1v) is 10.5. The van der Waals surface area contributed by atoms with Crippen LogP contribution in [0.5, 0.6) is 5.75 Å². The third-order valence-electron chi connectivity index (χ3n) is 5.33. The van der Waals surface area contributed by atoms with Gasteiger partial charge in [0, 0.05) is 37.6 Å². The second kappa shape index (κ2) is 8.23. The average Bonchev–Trinajstić information content (AvgIpc) is 3.09. The molecule has 0 aromatic heterocycles. The van der Waals surface area contributed by atoms with Crippen molar-refractivity contribution < 1.29 is 5.11 Å². The first kappa shape index (κ1) is 17.6. The van der Waals surface area contributed by atoms with Gasteiger partial charge in [0.15, 0.2) is 0 Å². The minimum atomic E-state index is 0.393. The summed E-state index contributed by atoms with van der Waals surface area (Å²) in [6.07, 6.45) is 2.49.